The van der Waals surface area contributed by atoms with Crippen molar-refractivity contribution in [1.82, 2.24) is 10.6 Å². The van der Waals surface area contributed by atoms with E-state index in [0.29, 0.717) is 25.2 Å². The van der Waals surface area contributed by atoms with Crippen LogP contribution in [-0.4, -0.2) is 31.4 Å². The van der Waals surface area contributed by atoms with Crippen LogP contribution < -0.4 is 16.4 Å². The molecule has 0 fully saturated rings. The average molecular weight is 379 g/mol. The minimum Gasteiger partial charge on any atom is -0.356 e. The monoisotopic (exact) mass is 377 g/mol. The van der Waals surface area contributed by atoms with E-state index >= 15 is 0 Å². The van der Waals surface area contributed by atoms with Gasteiger partial charge in [-0.05, 0) is 43.7 Å². The molecule has 7 heteroatoms. The van der Waals surface area contributed by atoms with E-state index in [2.05, 4.69) is 26.6 Å². The molecule has 1 aromatic rings. The first kappa shape index (κ1) is 19.9. The van der Waals surface area contributed by atoms with Gasteiger partial charge in [-0.2, -0.15) is 0 Å². The SMILES string of the molecule is Cl.NCCCCNC(=O)CCNC(=O)c1ccc(Br)cc1. The molecule has 0 saturated heterocycles. The number of benzene rings is 1. The molecule has 0 unspecified atom stereocenters. The number of unbranched alkanes of at least 4 members (excludes halogenated alkanes) is 1. The van der Waals surface area contributed by atoms with Crippen molar-refractivity contribution in [3.05, 3.63) is 34.3 Å². The largest absolute Gasteiger partial charge is 0.356 e. The summed E-state index contributed by atoms with van der Waals surface area (Å²) in [4.78, 5) is 23.2. The molecule has 0 aliphatic rings. The van der Waals surface area contributed by atoms with Crippen molar-refractivity contribution in [3.8, 4) is 0 Å². The van der Waals surface area contributed by atoms with Crippen LogP contribution >= 0.6 is 28.3 Å². The van der Waals surface area contributed by atoms with E-state index < -0.39 is 0 Å². The quantitative estimate of drug-likeness (QED) is 0.604. The van der Waals surface area contributed by atoms with Gasteiger partial charge >= 0.3 is 0 Å². The number of rotatable bonds is 8. The molecule has 4 N–H and O–H groups in total. The summed E-state index contributed by atoms with van der Waals surface area (Å²) < 4.78 is 0.922. The molecule has 1 aromatic carbocycles. The maximum Gasteiger partial charge on any atom is 0.251 e. The molecule has 0 aliphatic heterocycles. The van der Waals surface area contributed by atoms with Crippen molar-refractivity contribution in [2.45, 2.75) is 19.3 Å². The summed E-state index contributed by atoms with van der Waals surface area (Å²) in [5, 5.41) is 5.50. The van der Waals surface area contributed by atoms with E-state index in [1.165, 1.54) is 0 Å². The van der Waals surface area contributed by atoms with E-state index in [4.69, 9.17) is 5.73 Å². The van der Waals surface area contributed by atoms with Crippen molar-refractivity contribution in [3.63, 3.8) is 0 Å². The Hall–Kier alpha value is -1.11. The maximum absolute atomic E-state index is 11.8. The van der Waals surface area contributed by atoms with Gasteiger partial charge in [0.05, 0.1) is 0 Å². The van der Waals surface area contributed by atoms with Crippen LogP contribution in [0.15, 0.2) is 28.7 Å². The molecule has 5 nitrogen and oxygen atoms in total. The predicted octanol–water partition coefficient (Wildman–Crippen LogP) is 1.85. The van der Waals surface area contributed by atoms with Crippen LogP contribution in [0.25, 0.3) is 0 Å². The minimum absolute atomic E-state index is 0. The van der Waals surface area contributed by atoms with Crippen LogP contribution in [0.1, 0.15) is 29.6 Å². The Labute approximate surface area is 139 Å². The number of hydrogen-bond acceptors (Lipinski definition) is 3. The van der Waals surface area contributed by atoms with Gasteiger partial charge in [0.1, 0.15) is 0 Å². The highest BCUT2D eigenvalue weighted by Gasteiger charge is 2.06. The van der Waals surface area contributed by atoms with Crippen molar-refractivity contribution in [1.29, 1.82) is 0 Å². The van der Waals surface area contributed by atoms with Crippen LogP contribution in [0.2, 0.25) is 0 Å². The van der Waals surface area contributed by atoms with Gasteiger partial charge in [-0.25, -0.2) is 0 Å². The van der Waals surface area contributed by atoms with Gasteiger partial charge < -0.3 is 16.4 Å². The first-order valence-electron chi connectivity index (χ1n) is 6.64. The molecule has 1 rings (SSSR count). The Balaban J connectivity index is 0.00000400. The zero-order valence-electron chi connectivity index (χ0n) is 11.7. The van der Waals surface area contributed by atoms with Crippen molar-refractivity contribution >= 4 is 40.2 Å². The number of nitrogens with one attached hydrogen (secondary N) is 2. The van der Waals surface area contributed by atoms with E-state index in [-0.39, 0.29) is 30.6 Å². The summed E-state index contributed by atoms with van der Waals surface area (Å²) in [5.74, 6) is -0.230. The lowest BCUT2D eigenvalue weighted by Crippen LogP contribution is -2.31. The third-order valence-electron chi connectivity index (χ3n) is 2.70. The molecule has 0 aliphatic carbocycles. The average Bonchev–Trinajstić information content (AvgIpc) is 2.44. The second kappa shape index (κ2) is 11.5. The fraction of sp³-hybridized carbons (Fsp3) is 0.429. The molecular weight excluding hydrogens is 358 g/mol. The first-order chi connectivity index (χ1) is 9.63. The third-order valence-corrected chi connectivity index (χ3v) is 3.23. The van der Waals surface area contributed by atoms with Crippen LogP contribution in [0.4, 0.5) is 0 Å². The maximum atomic E-state index is 11.8. The highest BCUT2D eigenvalue weighted by molar-refractivity contribution is 9.10. The Morgan fingerprint density at radius 1 is 1.05 bits per heavy atom. The molecule has 0 radical (unpaired) electrons. The van der Waals surface area contributed by atoms with Crippen molar-refractivity contribution in [2.75, 3.05) is 19.6 Å². The van der Waals surface area contributed by atoms with Crippen LogP contribution in [-0.2, 0) is 4.79 Å². The Morgan fingerprint density at radius 2 is 1.71 bits per heavy atom. The summed E-state index contributed by atoms with van der Waals surface area (Å²) in [6.45, 7) is 1.60. The Kier molecular flexibility index (Phi) is 10.9. The molecule has 0 bridgehead atoms. The van der Waals surface area contributed by atoms with Crippen molar-refractivity contribution < 1.29 is 9.59 Å². The predicted molar refractivity (Wildman–Crippen MR) is 89.6 cm³/mol. The zero-order valence-corrected chi connectivity index (χ0v) is 14.1. The molecule has 0 heterocycles. The number of hydrogen-bond donors (Lipinski definition) is 3. The molecule has 21 heavy (non-hydrogen) atoms. The molecule has 118 valence electrons. The number of amides is 2. The Bertz CT molecular complexity index is 440. The topological polar surface area (TPSA) is 84.2 Å². The summed E-state index contributed by atoms with van der Waals surface area (Å²) in [7, 11) is 0. The molecule has 2 amide bonds. The van der Waals surface area contributed by atoms with E-state index in [0.717, 1.165) is 17.3 Å². The fourth-order valence-corrected chi connectivity index (χ4v) is 1.84. The van der Waals surface area contributed by atoms with Crippen molar-refractivity contribution in [2.24, 2.45) is 5.73 Å². The smallest absolute Gasteiger partial charge is 0.251 e. The van der Waals surface area contributed by atoms with Gasteiger partial charge in [0.15, 0.2) is 0 Å². The highest BCUT2D eigenvalue weighted by atomic mass is 79.9. The molecular formula is C14H21BrClN3O2. The van der Waals surface area contributed by atoms with E-state index in [9.17, 15) is 9.59 Å². The van der Waals surface area contributed by atoms with Crippen LogP contribution in [0.3, 0.4) is 0 Å². The molecule has 0 spiro atoms. The van der Waals surface area contributed by atoms with Crippen LogP contribution in [0.5, 0.6) is 0 Å². The zero-order chi connectivity index (χ0) is 14.8. The van der Waals surface area contributed by atoms with Gasteiger partial charge in [0, 0.05) is 29.5 Å². The van der Waals surface area contributed by atoms with E-state index in [1.54, 1.807) is 24.3 Å². The minimum atomic E-state index is -0.173. The highest BCUT2D eigenvalue weighted by Crippen LogP contribution is 2.10. The summed E-state index contributed by atoms with van der Waals surface area (Å²) in [6.07, 6.45) is 2.07. The summed E-state index contributed by atoms with van der Waals surface area (Å²) in [6, 6.07) is 7.07. The van der Waals surface area contributed by atoms with E-state index in [1.807, 2.05) is 0 Å². The Morgan fingerprint density at radius 3 is 2.33 bits per heavy atom. The van der Waals surface area contributed by atoms with Gasteiger partial charge in [-0.1, -0.05) is 15.9 Å². The lowest BCUT2D eigenvalue weighted by molar-refractivity contribution is -0.120. The lowest BCUT2D eigenvalue weighted by Gasteiger charge is -2.06. The number of carbonyl (C=O) groups excluding carboxylic acids is 2. The van der Waals surface area contributed by atoms with Gasteiger partial charge in [-0.15, -0.1) is 12.4 Å². The first-order valence-corrected chi connectivity index (χ1v) is 7.43. The second-order valence-electron chi connectivity index (χ2n) is 4.36. The standard InChI is InChI=1S/C14H20BrN3O2.ClH/c15-12-5-3-11(4-6-12)14(20)18-10-7-13(19)17-9-2-1-8-16;/h3-6H,1-2,7-10,16H2,(H,17,19)(H,18,20);1H. The summed E-state index contributed by atoms with van der Waals surface area (Å²) >= 11 is 3.31. The molecule has 0 aromatic heterocycles. The van der Waals surface area contributed by atoms with Gasteiger partial charge in [-0.3, -0.25) is 9.59 Å². The normalized spacial score (nSPS) is 9.62. The fourth-order valence-electron chi connectivity index (χ4n) is 1.58. The second-order valence-corrected chi connectivity index (χ2v) is 5.27. The number of carbonyl (C=O) groups is 2. The van der Waals surface area contributed by atoms with Gasteiger partial charge in [0.25, 0.3) is 5.91 Å². The number of halogens is 2. The van der Waals surface area contributed by atoms with Gasteiger partial charge in [0.2, 0.25) is 5.91 Å². The molecule has 0 saturated carbocycles. The van der Waals surface area contributed by atoms with Crippen LogP contribution in [0, 0.1) is 0 Å². The lowest BCUT2D eigenvalue weighted by atomic mass is 10.2. The number of nitrogens with two attached hydrogens (primary N) is 1. The summed E-state index contributed by atoms with van der Waals surface area (Å²) in [5.41, 5.74) is 5.94. The third kappa shape index (κ3) is 8.70. The molecule has 0 atom stereocenters.